The van der Waals surface area contributed by atoms with Crippen LogP contribution in [0.2, 0.25) is 0 Å². The quantitative estimate of drug-likeness (QED) is 0.769. The lowest BCUT2D eigenvalue weighted by Gasteiger charge is -2.32. The Morgan fingerprint density at radius 1 is 1.23 bits per heavy atom. The molecule has 0 bridgehead atoms. The Kier molecular flexibility index (Phi) is 7.20. The standard InChI is InChI=1S/C21H29N5O3.ClH/c1-14-12-18(15(2)29-14)20(27)23-16-5-9-25(10-6-16)21(28)19-7-11-26(24-19)17-4-3-8-22-13-17;/h7,11-12,16-17,22H,3-6,8-10,13H2,1-2H3,(H,23,27);1H. The number of carbonyl (C=O) groups excluding carboxylic acids is 2. The summed E-state index contributed by atoms with van der Waals surface area (Å²) in [5.74, 6) is 1.23. The Morgan fingerprint density at radius 3 is 2.63 bits per heavy atom. The molecule has 4 heterocycles. The summed E-state index contributed by atoms with van der Waals surface area (Å²) in [4.78, 5) is 27.1. The molecule has 2 aromatic heterocycles. The van der Waals surface area contributed by atoms with Gasteiger partial charge in [0, 0.05) is 31.9 Å². The first-order valence-corrected chi connectivity index (χ1v) is 10.4. The van der Waals surface area contributed by atoms with Crippen molar-refractivity contribution >= 4 is 24.2 Å². The summed E-state index contributed by atoms with van der Waals surface area (Å²) in [5.41, 5.74) is 1.09. The van der Waals surface area contributed by atoms with E-state index in [1.165, 1.54) is 0 Å². The van der Waals surface area contributed by atoms with Gasteiger partial charge in [0.25, 0.3) is 11.8 Å². The van der Waals surface area contributed by atoms with E-state index in [9.17, 15) is 9.59 Å². The van der Waals surface area contributed by atoms with Crippen molar-refractivity contribution < 1.29 is 14.0 Å². The van der Waals surface area contributed by atoms with Gasteiger partial charge in [-0.3, -0.25) is 14.3 Å². The summed E-state index contributed by atoms with van der Waals surface area (Å²) in [6.07, 6.45) is 5.60. The fourth-order valence-electron chi connectivity index (χ4n) is 4.22. The topological polar surface area (TPSA) is 92.4 Å². The Labute approximate surface area is 182 Å². The maximum Gasteiger partial charge on any atom is 0.274 e. The summed E-state index contributed by atoms with van der Waals surface area (Å²) < 4.78 is 7.36. The summed E-state index contributed by atoms with van der Waals surface area (Å²) in [5, 5.41) is 11.0. The van der Waals surface area contributed by atoms with E-state index in [4.69, 9.17) is 4.42 Å². The van der Waals surface area contributed by atoms with Gasteiger partial charge in [-0.1, -0.05) is 0 Å². The zero-order valence-electron chi connectivity index (χ0n) is 17.5. The van der Waals surface area contributed by atoms with E-state index in [2.05, 4.69) is 15.7 Å². The number of amides is 2. The van der Waals surface area contributed by atoms with Gasteiger partial charge in [0.05, 0.1) is 11.6 Å². The van der Waals surface area contributed by atoms with Crippen LogP contribution in [0.3, 0.4) is 0 Å². The highest BCUT2D eigenvalue weighted by atomic mass is 35.5. The Balaban J connectivity index is 0.00000256. The van der Waals surface area contributed by atoms with Crippen molar-refractivity contribution in [1.29, 1.82) is 0 Å². The monoisotopic (exact) mass is 435 g/mol. The number of likely N-dealkylation sites (tertiary alicyclic amines) is 1. The van der Waals surface area contributed by atoms with Crippen LogP contribution in [-0.4, -0.2) is 58.7 Å². The second-order valence-electron chi connectivity index (χ2n) is 8.05. The molecule has 1 unspecified atom stereocenters. The smallest absolute Gasteiger partial charge is 0.274 e. The third-order valence-corrected chi connectivity index (χ3v) is 5.88. The molecule has 2 amide bonds. The van der Waals surface area contributed by atoms with Crippen LogP contribution < -0.4 is 10.6 Å². The van der Waals surface area contributed by atoms with E-state index in [0.717, 1.165) is 44.5 Å². The molecule has 8 nitrogen and oxygen atoms in total. The second-order valence-corrected chi connectivity index (χ2v) is 8.05. The highest BCUT2D eigenvalue weighted by molar-refractivity contribution is 5.95. The molecule has 2 aromatic rings. The lowest BCUT2D eigenvalue weighted by molar-refractivity contribution is 0.0691. The van der Waals surface area contributed by atoms with Gasteiger partial charge in [-0.2, -0.15) is 5.10 Å². The third kappa shape index (κ3) is 4.87. The molecule has 2 N–H and O–H groups in total. The van der Waals surface area contributed by atoms with Crippen LogP contribution in [0.4, 0.5) is 0 Å². The van der Waals surface area contributed by atoms with E-state index in [0.29, 0.717) is 36.1 Å². The fraction of sp³-hybridized carbons (Fsp3) is 0.571. The van der Waals surface area contributed by atoms with Crippen molar-refractivity contribution in [1.82, 2.24) is 25.3 Å². The average Bonchev–Trinajstić information content (AvgIpc) is 3.35. The molecule has 1 atom stereocenters. The molecule has 0 radical (unpaired) electrons. The number of nitrogens with zero attached hydrogens (tertiary/aromatic N) is 3. The van der Waals surface area contributed by atoms with E-state index in [1.807, 2.05) is 28.8 Å². The van der Waals surface area contributed by atoms with Crippen molar-refractivity contribution in [2.24, 2.45) is 0 Å². The summed E-state index contributed by atoms with van der Waals surface area (Å²) >= 11 is 0. The molecule has 4 rings (SSSR count). The number of nitrogens with one attached hydrogen (secondary N) is 2. The number of aromatic nitrogens is 2. The highest BCUT2D eigenvalue weighted by Crippen LogP contribution is 2.19. The molecule has 0 aromatic carbocycles. The van der Waals surface area contributed by atoms with Crippen LogP contribution in [0.25, 0.3) is 0 Å². The van der Waals surface area contributed by atoms with Gasteiger partial charge in [-0.05, 0) is 58.2 Å². The largest absolute Gasteiger partial charge is 0.466 e. The van der Waals surface area contributed by atoms with Crippen molar-refractivity contribution in [3.8, 4) is 0 Å². The van der Waals surface area contributed by atoms with Crippen LogP contribution >= 0.6 is 12.4 Å². The first-order chi connectivity index (χ1) is 14.0. The summed E-state index contributed by atoms with van der Waals surface area (Å²) in [6.45, 7) is 6.81. The van der Waals surface area contributed by atoms with Crippen LogP contribution in [0, 0.1) is 13.8 Å². The van der Waals surface area contributed by atoms with E-state index < -0.39 is 0 Å². The minimum Gasteiger partial charge on any atom is -0.466 e. The van der Waals surface area contributed by atoms with Gasteiger partial charge >= 0.3 is 0 Å². The normalized spacial score (nSPS) is 19.9. The minimum absolute atomic E-state index is 0. The zero-order valence-corrected chi connectivity index (χ0v) is 18.3. The minimum atomic E-state index is -0.107. The van der Waals surface area contributed by atoms with Crippen molar-refractivity contribution in [3.05, 3.63) is 41.1 Å². The molecule has 0 aliphatic carbocycles. The molecular formula is C21H30ClN5O3. The van der Waals surface area contributed by atoms with E-state index in [-0.39, 0.29) is 30.3 Å². The number of piperidine rings is 2. The van der Waals surface area contributed by atoms with Gasteiger partial charge in [0.2, 0.25) is 0 Å². The molecule has 2 fully saturated rings. The molecule has 2 aliphatic rings. The number of carbonyl (C=O) groups is 2. The first-order valence-electron chi connectivity index (χ1n) is 10.4. The van der Waals surface area contributed by atoms with Gasteiger partial charge < -0.3 is 20.0 Å². The number of furan rings is 1. The number of hydrogen-bond donors (Lipinski definition) is 2. The highest BCUT2D eigenvalue weighted by Gasteiger charge is 2.27. The maximum absolute atomic E-state index is 12.8. The molecule has 164 valence electrons. The van der Waals surface area contributed by atoms with Crippen LogP contribution in [0.5, 0.6) is 0 Å². The Bertz CT molecular complexity index is 879. The molecule has 2 aliphatic heterocycles. The lowest BCUT2D eigenvalue weighted by atomic mass is 10.0. The number of aryl methyl sites for hydroxylation is 2. The Hall–Kier alpha value is -2.32. The van der Waals surface area contributed by atoms with Gasteiger partial charge in [-0.25, -0.2) is 0 Å². The Morgan fingerprint density at radius 2 is 2.00 bits per heavy atom. The lowest BCUT2D eigenvalue weighted by Crippen LogP contribution is -2.46. The van der Waals surface area contributed by atoms with Crippen LogP contribution in [0.1, 0.15) is 64.1 Å². The molecule has 9 heteroatoms. The predicted molar refractivity (Wildman–Crippen MR) is 115 cm³/mol. The van der Waals surface area contributed by atoms with Crippen molar-refractivity contribution in [2.75, 3.05) is 26.2 Å². The van der Waals surface area contributed by atoms with Crippen molar-refractivity contribution in [2.45, 2.75) is 51.6 Å². The molecular weight excluding hydrogens is 406 g/mol. The maximum atomic E-state index is 12.8. The fourth-order valence-corrected chi connectivity index (χ4v) is 4.22. The SMILES string of the molecule is Cc1cc(C(=O)NC2CCN(C(=O)c3ccn(C4CCCNC4)n3)CC2)c(C)o1.Cl. The third-order valence-electron chi connectivity index (χ3n) is 5.88. The summed E-state index contributed by atoms with van der Waals surface area (Å²) in [7, 11) is 0. The zero-order chi connectivity index (χ0) is 20.4. The van der Waals surface area contributed by atoms with Gasteiger partial charge in [0.15, 0.2) is 0 Å². The van der Waals surface area contributed by atoms with Crippen molar-refractivity contribution in [3.63, 3.8) is 0 Å². The predicted octanol–water partition coefficient (Wildman–Crippen LogP) is 2.47. The molecule has 0 spiro atoms. The van der Waals surface area contributed by atoms with E-state index in [1.54, 1.807) is 13.0 Å². The van der Waals surface area contributed by atoms with Gasteiger partial charge in [-0.15, -0.1) is 12.4 Å². The number of rotatable bonds is 4. The second kappa shape index (κ2) is 9.66. The average molecular weight is 436 g/mol. The first kappa shape index (κ1) is 22.4. The van der Waals surface area contributed by atoms with Crippen LogP contribution in [0.15, 0.2) is 22.7 Å². The number of hydrogen-bond acceptors (Lipinski definition) is 5. The van der Waals surface area contributed by atoms with Gasteiger partial charge in [0.1, 0.15) is 17.2 Å². The van der Waals surface area contributed by atoms with Crippen LogP contribution in [-0.2, 0) is 0 Å². The molecule has 0 saturated carbocycles. The molecule has 30 heavy (non-hydrogen) atoms. The number of halogens is 1. The molecule has 2 saturated heterocycles. The van der Waals surface area contributed by atoms with E-state index >= 15 is 0 Å². The summed E-state index contributed by atoms with van der Waals surface area (Å²) in [6, 6.07) is 3.96.